The van der Waals surface area contributed by atoms with E-state index in [2.05, 4.69) is 31.3 Å². The van der Waals surface area contributed by atoms with Crippen LogP contribution in [-0.2, 0) is 12.8 Å². The summed E-state index contributed by atoms with van der Waals surface area (Å²) in [5, 5.41) is 3.09. The Balaban J connectivity index is 1.82. The van der Waals surface area contributed by atoms with Crippen molar-refractivity contribution in [2.75, 3.05) is 5.32 Å². The average molecular weight is 299 g/mol. The summed E-state index contributed by atoms with van der Waals surface area (Å²) in [4.78, 5) is 14.8. The molecule has 0 atom stereocenters. The van der Waals surface area contributed by atoms with Gasteiger partial charge in [-0.05, 0) is 54.9 Å². The summed E-state index contributed by atoms with van der Waals surface area (Å²) in [5.74, 6) is 0.431. The van der Waals surface area contributed by atoms with E-state index < -0.39 is 0 Å². The van der Waals surface area contributed by atoms with Gasteiger partial charge in [-0.1, -0.05) is 32.0 Å². The molecule has 1 heterocycles. The summed E-state index contributed by atoms with van der Waals surface area (Å²) in [6.45, 7) is 4.30. The molecule has 3 heteroatoms. The molecule has 1 aliphatic carbocycles. The lowest BCUT2D eigenvalue weighted by Gasteiger charge is -2.13. The van der Waals surface area contributed by atoms with Crippen molar-refractivity contribution in [3.63, 3.8) is 0 Å². The molecule has 0 fully saturated rings. The SMILES string of the molecule is CC(C)c1ccccc1NC(=O)c1cc2c(s1)CCCC2. The zero-order chi connectivity index (χ0) is 14.8. The number of thiophene rings is 1. The maximum absolute atomic E-state index is 12.5. The summed E-state index contributed by atoms with van der Waals surface area (Å²) in [6.07, 6.45) is 4.77. The molecule has 0 saturated heterocycles. The Morgan fingerprint density at radius 2 is 1.95 bits per heavy atom. The number of amides is 1. The predicted molar refractivity (Wildman–Crippen MR) is 89.4 cm³/mol. The zero-order valence-corrected chi connectivity index (χ0v) is 13.4. The van der Waals surface area contributed by atoms with Gasteiger partial charge < -0.3 is 5.32 Å². The molecular formula is C18H21NOS. The van der Waals surface area contributed by atoms with Crippen LogP contribution in [0.1, 0.15) is 58.3 Å². The van der Waals surface area contributed by atoms with E-state index in [1.165, 1.54) is 28.8 Å². The summed E-state index contributed by atoms with van der Waals surface area (Å²) < 4.78 is 0. The van der Waals surface area contributed by atoms with Crippen molar-refractivity contribution in [2.45, 2.75) is 45.4 Å². The third-order valence-corrected chi connectivity index (χ3v) is 5.29. The van der Waals surface area contributed by atoms with E-state index in [1.54, 1.807) is 11.3 Å². The van der Waals surface area contributed by atoms with Crippen LogP contribution in [0.25, 0.3) is 0 Å². The lowest BCUT2D eigenvalue weighted by molar-refractivity contribution is 0.103. The fraction of sp³-hybridized carbons (Fsp3) is 0.389. The topological polar surface area (TPSA) is 29.1 Å². The largest absolute Gasteiger partial charge is 0.321 e. The number of carbonyl (C=O) groups excluding carboxylic acids is 1. The second kappa shape index (κ2) is 6.02. The summed E-state index contributed by atoms with van der Waals surface area (Å²) in [6, 6.07) is 10.2. The highest BCUT2D eigenvalue weighted by Gasteiger charge is 2.18. The molecule has 0 bridgehead atoms. The maximum Gasteiger partial charge on any atom is 0.265 e. The van der Waals surface area contributed by atoms with Crippen molar-refractivity contribution in [3.05, 3.63) is 51.2 Å². The minimum Gasteiger partial charge on any atom is -0.321 e. The zero-order valence-electron chi connectivity index (χ0n) is 12.6. The number of fused-ring (bicyclic) bond motifs is 1. The molecule has 1 aromatic heterocycles. The first-order valence-electron chi connectivity index (χ1n) is 7.67. The summed E-state index contributed by atoms with van der Waals surface area (Å²) in [7, 11) is 0. The number of rotatable bonds is 3. The first kappa shape index (κ1) is 14.3. The first-order chi connectivity index (χ1) is 10.1. The quantitative estimate of drug-likeness (QED) is 0.848. The molecule has 0 radical (unpaired) electrons. The number of hydrogen-bond acceptors (Lipinski definition) is 2. The van der Waals surface area contributed by atoms with E-state index in [0.717, 1.165) is 23.4 Å². The molecule has 110 valence electrons. The molecule has 1 aliphatic rings. The van der Waals surface area contributed by atoms with E-state index in [4.69, 9.17) is 0 Å². The average Bonchev–Trinajstić information content (AvgIpc) is 2.91. The smallest absolute Gasteiger partial charge is 0.265 e. The van der Waals surface area contributed by atoms with Gasteiger partial charge in [0.25, 0.3) is 5.91 Å². The maximum atomic E-state index is 12.5. The van der Waals surface area contributed by atoms with Gasteiger partial charge in [0.15, 0.2) is 0 Å². The Morgan fingerprint density at radius 3 is 2.71 bits per heavy atom. The molecule has 1 amide bonds. The molecule has 0 aliphatic heterocycles. The molecule has 0 spiro atoms. The van der Waals surface area contributed by atoms with Gasteiger partial charge in [0.05, 0.1) is 4.88 Å². The third kappa shape index (κ3) is 3.03. The number of carbonyl (C=O) groups is 1. The van der Waals surface area contributed by atoms with E-state index in [9.17, 15) is 4.79 Å². The highest BCUT2D eigenvalue weighted by Crippen LogP contribution is 2.31. The van der Waals surface area contributed by atoms with Gasteiger partial charge in [0, 0.05) is 10.6 Å². The molecule has 2 nitrogen and oxygen atoms in total. The Labute approximate surface area is 130 Å². The summed E-state index contributed by atoms with van der Waals surface area (Å²) in [5.41, 5.74) is 3.50. The van der Waals surface area contributed by atoms with Crippen LogP contribution in [0.15, 0.2) is 30.3 Å². The standard InChI is InChI=1S/C18H21NOS/c1-12(2)14-8-4-5-9-15(14)19-18(20)17-11-13-7-3-6-10-16(13)21-17/h4-5,8-9,11-12H,3,6-7,10H2,1-2H3,(H,19,20). The van der Waals surface area contributed by atoms with Crippen molar-refractivity contribution in [1.82, 2.24) is 0 Å². The third-order valence-electron chi connectivity index (χ3n) is 4.05. The second-order valence-electron chi connectivity index (χ2n) is 5.96. The van der Waals surface area contributed by atoms with Crippen LogP contribution in [-0.4, -0.2) is 5.91 Å². The summed E-state index contributed by atoms with van der Waals surface area (Å²) >= 11 is 1.66. The Morgan fingerprint density at radius 1 is 1.19 bits per heavy atom. The van der Waals surface area contributed by atoms with Gasteiger partial charge in [-0.15, -0.1) is 11.3 Å². The van der Waals surface area contributed by atoms with Gasteiger partial charge in [-0.2, -0.15) is 0 Å². The fourth-order valence-electron chi connectivity index (χ4n) is 2.90. The number of aryl methyl sites for hydroxylation is 2. The first-order valence-corrected chi connectivity index (χ1v) is 8.48. The van der Waals surface area contributed by atoms with Crippen LogP contribution in [0.5, 0.6) is 0 Å². The number of hydrogen-bond donors (Lipinski definition) is 1. The minimum absolute atomic E-state index is 0.0301. The monoisotopic (exact) mass is 299 g/mol. The highest BCUT2D eigenvalue weighted by atomic mass is 32.1. The van der Waals surface area contributed by atoms with Gasteiger partial charge in [0.2, 0.25) is 0 Å². The Hall–Kier alpha value is -1.61. The van der Waals surface area contributed by atoms with Crippen LogP contribution >= 0.6 is 11.3 Å². The van der Waals surface area contributed by atoms with Gasteiger partial charge in [-0.3, -0.25) is 4.79 Å². The predicted octanol–water partition coefficient (Wildman–Crippen LogP) is 5.00. The van der Waals surface area contributed by atoms with Gasteiger partial charge in [0.1, 0.15) is 0 Å². The Kier molecular flexibility index (Phi) is 4.11. The van der Waals surface area contributed by atoms with Gasteiger partial charge >= 0.3 is 0 Å². The number of nitrogens with one attached hydrogen (secondary N) is 1. The van der Waals surface area contributed by atoms with E-state index >= 15 is 0 Å². The molecule has 0 unspecified atom stereocenters. The molecule has 0 saturated carbocycles. The molecule has 3 rings (SSSR count). The van der Waals surface area contributed by atoms with Crippen LogP contribution in [0.3, 0.4) is 0 Å². The highest BCUT2D eigenvalue weighted by molar-refractivity contribution is 7.14. The van der Waals surface area contributed by atoms with Crippen LogP contribution < -0.4 is 5.32 Å². The second-order valence-corrected chi connectivity index (χ2v) is 7.10. The molecule has 1 aromatic carbocycles. The number of para-hydroxylation sites is 1. The van der Waals surface area contributed by atoms with E-state index in [0.29, 0.717) is 5.92 Å². The molecule has 21 heavy (non-hydrogen) atoms. The van der Waals surface area contributed by atoms with Crippen LogP contribution in [0.4, 0.5) is 5.69 Å². The van der Waals surface area contributed by atoms with Crippen molar-refractivity contribution in [2.24, 2.45) is 0 Å². The van der Waals surface area contributed by atoms with E-state index in [1.807, 2.05) is 18.2 Å². The number of benzene rings is 1. The van der Waals surface area contributed by atoms with E-state index in [-0.39, 0.29) is 5.91 Å². The van der Waals surface area contributed by atoms with Crippen LogP contribution in [0.2, 0.25) is 0 Å². The molecule has 1 N–H and O–H groups in total. The fourth-order valence-corrected chi connectivity index (χ4v) is 4.05. The van der Waals surface area contributed by atoms with Crippen molar-refractivity contribution in [1.29, 1.82) is 0 Å². The van der Waals surface area contributed by atoms with Crippen LogP contribution in [0, 0.1) is 0 Å². The minimum atomic E-state index is 0.0301. The molecular weight excluding hydrogens is 278 g/mol. The van der Waals surface area contributed by atoms with Crippen molar-refractivity contribution in [3.8, 4) is 0 Å². The normalized spacial score (nSPS) is 14.0. The van der Waals surface area contributed by atoms with Crippen molar-refractivity contribution >= 4 is 22.9 Å². The number of anilines is 1. The molecule has 2 aromatic rings. The van der Waals surface area contributed by atoms with Crippen molar-refractivity contribution < 1.29 is 4.79 Å². The Bertz CT molecular complexity index is 633. The lowest BCUT2D eigenvalue weighted by atomic mass is 9.99. The lowest BCUT2D eigenvalue weighted by Crippen LogP contribution is -2.12. The van der Waals surface area contributed by atoms with Gasteiger partial charge in [-0.25, -0.2) is 0 Å².